The van der Waals surface area contributed by atoms with Crippen molar-refractivity contribution in [3.8, 4) is 0 Å². The quantitative estimate of drug-likeness (QED) is 0.892. The Morgan fingerprint density at radius 1 is 1.61 bits per heavy atom. The van der Waals surface area contributed by atoms with Crippen LogP contribution in [0.5, 0.6) is 0 Å². The van der Waals surface area contributed by atoms with Gasteiger partial charge in [-0.25, -0.2) is 0 Å². The van der Waals surface area contributed by atoms with Crippen molar-refractivity contribution < 1.29 is 9.53 Å². The van der Waals surface area contributed by atoms with Crippen molar-refractivity contribution in [2.24, 2.45) is 0 Å². The SMILES string of the molecule is CCC[C@@H](C)c1nnc(NC(=O)[C@H]2CCCO2)s1. The van der Waals surface area contributed by atoms with Crippen LogP contribution in [-0.2, 0) is 9.53 Å². The zero-order valence-electron chi connectivity index (χ0n) is 10.8. The molecule has 0 spiro atoms. The molecule has 1 saturated heterocycles. The maximum Gasteiger partial charge on any atom is 0.255 e. The molecular formula is C12H19N3O2S. The molecule has 0 aromatic carbocycles. The number of carbonyl (C=O) groups is 1. The summed E-state index contributed by atoms with van der Waals surface area (Å²) in [6, 6.07) is 0. The van der Waals surface area contributed by atoms with Gasteiger partial charge >= 0.3 is 0 Å². The average Bonchev–Trinajstić information content (AvgIpc) is 2.99. The number of aromatic nitrogens is 2. The van der Waals surface area contributed by atoms with E-state index in [9.17, 15) is 4.79 Å². The molecule has 1 aromatic heterocycles. The molecule has 1 aliphatic rings. The number of carbonyl (C=O) groups excluding carboxylic acids is 1. The monoisotopic (exact) mass is 269 g/mol. The van der Waals surface area contributed by atoms with E-state index >= 15 is 0 Å². The summed E-state index contributed by atoms with van der Waals surface area (Å²) in [5, 5.41) is 12.5. The standard InChI is InChI=1S/C12H19N3O2S/c1-3-5-8(2)11-14-15-12(18-11)13-10(16)9-6-4-7-17-9/h8-9H,3-7H2,1-2H3,(H,13,15,16)/t8-,9-/m1/s1. The molecule has 1 amide bonds. The van der Waals surface area contributed by atoms with Crippen molar-refractivity contribution in [3.63, 3.8) is 0 Å². The molecule has 0 saturated carbocycles. The molecule has 100 valence electrons. The Morgan fingerprint density at radius 3 is 3.11 bits per heavy atom. The Morgan fingerprint density at radius 2 is 2.44 bits per heavy atom. The van der Waals surface area contributed by atoms with Crippen molar-refractivity contribution in [3.05, 3.63) is 5.01 Å². The third-order valence-corrected chi connectivity index (χ3v) is 4.11. The molecule has 1 N–H and O–H groups in total. The number of amides is 1. The molecule has 1 aromatic rings. The van der Waals surface area contributed by atoms with Gasteiger partial charge in [-0.3, -0.25) is 10.1 Å². The van der Waals surface area contributed by atoms with Gasteiger partial charge in [0.25, 0.3) is 5.91 Å². The Balaban J connectivity index is 1.91. The first-order valence-electron chi connectivity index (χ1n) is 6.46. The van der Waals surface area contributed by atoms with Gasteiger partial charge in [-0.1, -0.05) is 31.6 Å². The van der Waals surface area contributed by atoms with Crippen molar-refractivity contribution in [2.45, 2.75) is 51.6 Å². The molecule has 0 radical (unpaired) electrons. The minimum atomic E-state index is -0.314. The molecule has 1 aliphatic heterocycles. The maximum atomic E-state index is 11.8. The Bertz CT molecular complexity index is 402. The van der Waals surface area contributed by atoms with Crippen LogP contribution in [0.15, 0.2) is 0 Å². The Kier molecular flexibility index (Phi) is 4.66. The number of anilines is 1. The first kappa shape index (κ1) is 13.4. The summed E-state index contributed by atoms with van der Waals surface area (Å²) < 4.78 is 5.32. The van der Waals surface area contributed by atoms with Crippen molar-refractivity contribution >= 4 is 22.4 Å². The van der Waals surface area contributed by atoms with Crippen LogP contribution in [0.4, 0.5) is 5.13 Å². The minimum absolute atomic E-state index is 0.0988. The van der Waals surface area contributed by atoms with Crippen LogP contribution in [0.1, 0.15) is 50.5 Å². The first-order valence-corrected chi connectivity index (χ1v) is 7.28. The largest absolute Gasteiger partial charge is 0.368 e. The Labute approximate surface area is 111 Å². The number of nitrogens with zero attached hydrogens (tertiary/aromatic N) is 2. The van der Waals surface area contributed by atoms with Gasteiger partial charge in [-0.2, -0.15) is 0 Å². The van der Waals surface area contributed by atoms with E-state index in [0.717, 1.165) is 30.7 Å². The normalized spacial score (nSPS) is 20.9. The van der Waals surface area contributed by atoms with Crippen LogP contribution in [0, 0.1) is 0 Å². The molecule has 2 atom stereocenters. The number of ether oxygens (including phenoxy) is 1. The summed E-state index contributed by atoms with van der Waals surface area (Å²) in [5.41, 5.74) is 0. The summed E-state index contributed by atoms with van der Waals surface area (Å²) in [6.07, 6.45) is 3.65. The van der Waals surface area contributed by atoms with Gasteiger partial charge in [-0.15, -0.1) is 10.2 Å². The van der Waals surface area contributed by atoms with Crippen molar-refractivity contribution in [1.29, 1.82) is 0 Å². The molecule has 0 aliphatic carbocycles. The highest BCUT2D eigenvalue weighted by Crippen LogP contribution is 2.26. The summed E-state index contributed by atoms with van der Waals surface area (Å²) in [5.74, 6) is 0.305. The summed E-state index contributed by atoms with van der Waals surface area (Å²) in [6.45, 7) is 4.96. The van der Waals surface area contributed by atoms with Gasteiger partial charge < -0.3 is 4.74 Å². The smallest absolute Gasteiger partial charge is 0.255 e. The third-order valence-electron chi connectivity index (χ3n) is 3.04. The van der Waals surface area contributed by atoms with Crippen LogP contribution < -0.4 is 5.32 Å². The van der Waals surface area contributed by atoms with E-state index < -0.39 is 0 Å². The molecule has 0 bridgehead atoms. The topological polar surface area (TPSA) is 64.1 Å². The molecular weight excluding hydrogens is 250 g/mol. The summed E-state index contributed by atoms with van der Waals surface area (Å²) in [4.78, 5) is 11.8. The fraction of sp³-hybridized carbons (Fsp3) is 0.750. The number of hydrogen-bond donors (Lipinski definition) is 1. The average molecular weight is 269 g/mol. The second-order valence-corrected chi connectivity index (χ2v) is 5.64. The van der Waals surface area contributed by atoms with E-state index in [-0.39, 0.29) is 12.0 Å². The fourth-order valence-corrected chi connectivity index (χ4v) is 2.84. The van der Waals surface area contributed by atoms with Gasteiger partial charge in [0.05, 0.1) is 0 Å². The zero-order valence-corrected chi connectivity index (χ0v) is 11.6. The zero-order chi connectivity index (χ0) is 13.0. The van der Waals surface area contributed by atoms with E-state index in [1.165, 1.54) is 11.3 Å². The summed E-state index contributed by atoms with van der Waals surface area (Å²) in [7, 11) is 0. The van der Waals surface area contributed by atoms with Crippen molar-refractivity contribution in [1.82, 2.24) is 10.2 Å². The third kappa shape index (κ3) is 3.26. The first-order chi connectivity index (χ1) is 8.70. The lowest BCUT2D eigenvalue weighted by molar-refractivity contribution is -0.124. The minimum Gasteiger partial charge on any atom is -0.368 e. The lowest BCUT2D eigenvalue weighted by Gasteiger charge is -2.07. The van der Waals surface area contributed by atoms with Gasteiger partial charge in [0.1, 0.15) is 11.1 Å². The van der Waals surface area contributed by atoms with Crippen LogP contribution in [0.3, 0.4) is 0 Å². The molecule has 5 nitrogen and oxygen atoms in total. The van der Waals surface area contributed by atoms with Crippen LogP contribution >= 0.6 is 11.3 Å². The highest BCUT2D eigenvalue weighted by molar-refractivity contribution is 7.15. The van der Waals surface area contributed by atoms with Gasteiger partial charge in [-0.05, 0) is 19.3 Å². The molecule has 2 rings (SSSR count). The van der Waals surface area contributed by atoms with E-state index in [1.807, 2.05) is 0 Å². The molecule has 18 heavy (non-hydrogen) atoms. The summed E-state index contributed by atoms with van der Waals surface area (Å²) >= 11 is 1.46. The van der Waals surface area contributed by atoms with Crippen molar-refractivity contribution in [2.75, 3.05) is 11.9 Å². The highest BCUT2D eigenvalue weighted by Gasteiger charge is 2.24. The van der Waals surface area contributed by atoms with Gasteiger partial charge in [0.15, 0.2) is 0 Å². The lowest BCUT2D eigenvalue weighted by Crippen LogP contribution is -2.26. The second-order valence-electron chi connectivity index (χ2n) is 4.63. The van der Waals surface area contributed by atoms with E-state index in [1.54, 1.807) is 0 Å². The maximum absolute atomic E-state index is 11.8. The fourth-order valence-electron chi connectivity index (χ4n) is 2.01. The predicted molar refractivity (Wildman–Crippen MR) is 70.8 cm³/mol. The predicted octanol–water partition coefficient (Wildman–Crippen LogP) is 2.56. The number of hydrogen-bond acceptors (Lipinski definition) is 5. The van der Waals surface area contributed by atoms with E-state index in [4.69, 9.17) is 4.74 Å². The second kappa shape index (κ2) is 6.24. The number of rotatable bonds is 5. The molecule has 0 unspecified atom stereocenters. The van der Waals surface area contributed by atoms with Crippen LogP contribution in [-0.4, -0.2) is 28.8 Å². The molecule has 1 fully saturated rings. The molecule has 2 heterocycles. The lowest BCUT2D eigenvalue weighted by atomic mass is 10.1. The van der Waals surface area contributed by atoms with Crippen LogP contribution in [0.2, 0.25) is 0 Å². The number of nitrogens with one attached hydrogen (secondary N) is 1. The highest BCUT2D eigenvalue weighted by atomic mass is 32.1. The van der Waals surface area contributed by atoms with Crippen LogP contribution in [0.25, 0.3) is 0 Å². The van der Waals surface area contributed by atoms with Gasteiger partial charge in [0.2, 0.25) is 5.13 Å². The van der Waals surface area contributed by atoms with E-state index in [2.05, 4.69) is 29.4 Å². The van der Waals surface area contributed by atoms with E-state index in [0.29, 0.717) is 17.7 Å². The molecule has 6 heteroatoms. The Hall–Kier alpha value is -1.01. The van der Waals surface area contributed by atoms with Gasteiger partial charge in [0, 0.05) is 12.5 Å².